The van der Waals surface area contributed by atoms with Gasteiger partial charge >= 0.3 is 11.2 Å². The third kappa shape index (κ3) is 2.43. The molecule has 0 saturated carbocycles. The molecule has 0 saturated heterocycles. The van der Waals surface area contributed by atoms with Crippen molar-refractivity contribution >= 4 is 11.2 Å². The number of pyridine rings is 2. The van der Waals surface area contributed by atoms with Crippen LogP contribution in [0.1, 0.15) is 0 Å². The predicted octanol–water partition coefficient (Wildman–Crippen LogP) is -4.38. The Balaban J connectivity index is 0.000000980. The summed E-state index contributed by atoms with van der Waals surface area (Å²) in [5.74, 6) is -0.0336. The standard InChI is InChI=1S/C9H6N3O.2BrH/c10-11-9-7-3-1-2-5-12(7)6-4-8(9)13;;/h1-6H;2*1H/q+1;;/p-1. The third-order valence-corrected chi connectivity index (χ3v) is 1.87. The lowest BCUT2D eigenvalue weighted by Gasteiger charge is -1.87. The highest BCUT2D eigenvalue weighted by Gasteiger charge is 2.23. The van der Waals surface area contributed by atoms with Gasteiger partial charge in [0.2, 0.25) is 11.1 Å². The van der Waals surface area contributed by atoms with Crippen LogP contribution in [0.3, 0.4) is 0 Å². The number of hydrogen-bond acceptors (Lipinski definition) is 2. The van der Waals surface area contributed by atoms with Crippen LogP contribution >= 0.6 is 0 Å². The number of fused-ring (bicyclic) bond motifs is 1. The maximum Gasteiger partial charge on any atom is 0.496 e. The Kier molecular flexibility index (Phi) is 5.19. The average Bonchev–Trinajstić information content (AvgIpc) is 2.18. The molecular formula is C9H7Br2N3O. The molecule has 4 nitrogen and oxygen atoms in total. The average molecular weight is 333 g/mol. The molecule has 0 fully saturated rings. The Hall–Kier alpha value is -1.19. The molecule has 2 aromatic heterocycles. The fourth-order valence-corrected chi connectivity index (χ4v) is 1.25. The van der Waals surface area contributed by atoms with Crippen LogP contribution in [0.4, 0.5) is 5.69 Å². The summed E-state index contributed by atoms with van der Waals surface area (Å²) in [5, 5.41) is 18.0. The van der Waals surface area contributed by atoms with Gasteiger partial charge in [-0.15, -0.1) is 0 Å². The van der Waals surface area contributed by atoms with Crippen molar-refractivity contribution in [2.45, 2.75) is 0 Å². The van der Waals surface area contributed by atoms with Crippen LogP contribution in [0.25, 0.3) is 10.5 Å². The van der Waals surface area contributed by atoms with Crippen LogP contribution in [-0.4, -0.2) is 5.11 Å². The topological polar surface area (TPSA) is 52.5 Å². The van der Waals surface area contributed by atoms with Crippen molar-refractivity contribution in [2.75, 3.05) is 0 Å². The number of nitrogens with zero attached hydrogens (tertiary/aromatic N) is 3. The largest absolute Gasteiger partial charge is 1.00 e. The maximum absolute atomic E-state index is 9.34. The van der Waals surface area contributed by atoms with Crippen LogP contribution in [0.15, 0.2) is 36.7 Å². The van der Waals surface area contributed by atoms with Crippen molar-refractivity contribution < 1.29 is 43.5 Å². The van der Waals surface area contributed by atoms with Gasteiger partial charge in [-0.25, -0.2) is 0 Å². The molecule has 1 N–H and O–H groups in total. The monoisotopic (exact) mass is 331 g/mol. The Morgan fingerprint density at radius 1 is 1.13 bits per heavy atom. The maximum atomic E-state index is 9.34. The van der Waals surface area contributed by atoms with E-state index in [0.29, 0.717) is 5.52 Å². The van der Waals surface area contributed by atoms with Crippen LogP contribution in [0.5, 0.6) is 5.75 Å². The first-order valence-electron chi connectivity index (χ1n) is 3.80. The molecule has 0 aliphatic carbocycles. The predicted molar refractivity (Wildman–Crippen MR) is 46.0 cm³/mol. The van der Waals surface area contributed by atoms with Gasteiger partial charge in [0, 0.05) is 12.1 Å². The zero-order valence-electron chi connectivity index (χ0n) is 7.51. The minimum absolute atomic E-state index is 0. The van der Waals surface area contributed by atoms with Gasteiger partial charge in [0.05, 0.1) is 6.07 Å². The molecule has 0 amide bonds. The number of rotatable bonds is 0. The van der Waals surface area contributed by atoms with Gasteiger partial charge in [0.1, 0.15) is 0 Å². The Bertz CT molecular complexity index is 510. The highest BCUT2D eigenvalue weighted by atomic mass is 79.9. The van der Waals surface area contributed by atoms with Crippen LogP contribution in [-0.2, 0) is 0 Å². The quantitative estimate of drug-likeness (QED) is 0.391. The van der Waals surface area contributed by atoms with Gasteiger partial charge in [-0.2, -0.15) is 4.40 Å². The molecule has 0 aliphatic heterocycles. The Morgan fingerprint density at radius 3 is 2.53 bits per heavy atom. The van der Waals surface area contributed by atoms with E-state index < -0.39 is 0 Å². The SMILES string of the molecule is N#[N+]c1c(O)cc[n+]2ccccc12.[Br-].[Br-]. The Morgan fingerprint density at radius 2 is 1.87 bits per heavy atom. The zero-order chi connectivity index (χ0) is 9.26. The van der Waals surface area contributed by atoms with Gasteiger partial charge in [0.25, 0.3) is 0 Å². The summed E-state index contributed by atoms with van der Waals surface area (Å²) in [6.07, 6.45) is 3.50. The lowest BCUT2D eigenvalue weighted by atomic mass is 10.3. The van der Waals surface area contributed by atoms with E-state index in [0.717, 1.165) is 0 Å². The smallest absolute Gasteiger partial charge is 0.496 e. The van der Waals surface area contributed by atoms with Gasteiger partial charge in [-0.3, -0.25) is 0 Å². The first kappa shape index (κ1) is 13.8. The number of halogens is 2. The van der Waals surface area contributed by atoms with E-state index in [9.17, 15) is 5.11 Å². The van der Waals surface area contributed by atoms with E-state index in [1.165, 1.54) is 6.07 Å². The summed E-state index contributed by atoms with van der Waals surface area (Å²) in [6, 6.07) is 6.89. The summed E-state index contributed by atoms with van der Waals surface area (Å²) >= 11 is 0. The first-order chi connectivity index (χ1) is 6.33. The third-order valence-electron chi connectivity index (χ3n) is 1.87. The number of hydrogen-bond donors (Lipinski definition) is 1. The summed E-state index contributed by atoms with van der Waals surface area (Å²) in [4.78, 5) is 3.03. The molecule has 6 heteroatoms. The first-order valence-corrected chi connectivity index (χ1v) is 3.80. The van der Waals surface area contributed by atoms with Gasteiger partial charge in [-0.05, 0) is 6.07 Å². The highest BCUT2D eigenvalue weighted by Crippen LogP contribution is 2.27. The van der Waals surface area contributed by atoms with E-state index in [2.05, 4.69) is 4.98 Å². The molecule has 78 valence electrons. The van der Waals surface area contributed by atoms with Crippen molar-refractivity contribution in [3.05, 3.63) is 41.6 Å². The molecule has 2 rings (SSSR count). The van der Waals surface area contributed by atoms with Crippen molar-refractivity contribution in [3.63, 3.8) is 0 Å². The fraction of sp³-hybridized carbons (Fsp3) is 0. The van der Waals surface area contributed by atoms with Crippen molar-refractivity contribution in [3.8, 4) is 5.75 Å². The van der Waals surface area contributed by atoms with Crippen LogP contribution < -0.4 is 38.4 Å². The lowest BCUT2D eigenvalue weighted by Crippen LogP contribution is -3.00. The molecule has 2 heterocycles. The van der Waals surface area contributed by atoms with Gasteiger partial charge < -0.3 is 39.1 Å². The molecule has 0 spiro atoms. The van der Waals surface area contributed by atoms with Gasteiger partial charge in [-0.1, -0.05) is 0 Å². The minimum atomic E-state index is -0.0336. The lowest BCUT2D eigenvalue weighted by molar-refractivity contribution is -0.511. The van der Waals surface area contributed by atoms with Crippen molar-refractivity contribution in [2.24, 2.45) is 0 Å². The second-order valence-corrected chi connectivity index (χ2v) is 2.64. The second-order valence-electron chi connectivity index (χ2n) is 2.64. The van der Waals surface area contributed by atoms with E-state index in [1.807, 2.05) is 18.3 Å². The molecule has 0 unspecified atom stereocenters. The van der Waals surface area contributed by atoms with Crippen LogP contribution in [0.2, 0.25) is 0 Å². The van der Waals surface area contributed by atoms with Gasteiger partial charge in [0.15, 0.2) is 17.4 Å². The molecule has 0 aliphatic rings. The normalized spacial score (nSPS) is 8.47. The zero-order valence-corrected chi connectivity index (χ0v) is 10.7. The number of aromatic nitrogens is 1. The van der Waals surface area contributed by atoms with E-state index in [1.54, 1.807) is 16.7 Å². The highest BCUT2D eigenvalue weighted by molar-refractivity contribution is 5.74. The molecule has 0 atom stereocenters. The molecule has 0 aromatic carbocycles. The Labute approximate surface area is 107 Å². The molecule has 15 heavy (non-hydrogen) atoms. The summed E-state index contributed by atoms with van der Waals surface area (Å²) in [5.41, 5.74) is 0.841. The number of diazo groups is 1. The minimum Gasteiger partial charge on any atom is -1.00 e. The second kappa shape index (κ2) is 5.63. The fourth-order valence-electron chi connectivity index (χ4n) is 1.25. The van der Waals surface area contributed by atoms with Crippen molar-refractivity contribution in [1.29, 1.82) is 5.39 Å². The number of aromatic hydroxyl groups is 1. The van der Waals surface area contributed by atoms with Crippen molar-refractivity contribution in [1.82, 2.24) is 0 Å². The molecule has 0 radical (unpaired) electrons. The summed E-state index contributed by atoms with van der Waals surface area (Å²) in [7, 11) is 0. The molecular weight excluding hydrogens is 326 g/mol. The van der Waals surface area contributed by atoms with E-state index in [4.69, 9.17) is 5.39 Å². The molecule has 0 bridgehead atoms. The summed E-state index contributed by atoms with van der Waals surface area (Å²) in [6.45, 7) is 0. The van der Waals surface area contributed by atoms with E-state index in [-0.39, 0.29) is 45.4 Å². The molecule has 2 aromatic rings. The summed E-state index contributed by atoms with van der Waals surface area (Å²) < 4.78 is 1.76. The van der Waals surface area contributed by atoms with Crippen LogP contribution in [0, 0.1) is 5.39 Å². The van der Waals surface area contributed by atoms with E-state index >= 15 is 0 Å².